The van der Waals surface area contributed by atoms with Crippen LogP contribution < -0.4 is 10.2 Å². The fourth-order valence-corrected chi connectivity index (χ4v) is 3.81. The molecule has 5 nitrogen and oxygen atoms in total. The van der Waals surface area contributed by atoms with Crippen LogP contribution in [0.15, 0.2) is 35.6 Å². The van der Waals surface area contributed by atoms with Gasteiger partial charge in [0, 0.05) is 19.2 Å². The number of thioether (sulfide) groups is 1. The van der Waals surface area contributed by atoms with E-state index in [2.05, 4.69) is 27.1 Å². The van der Waals surface area contributed by atoms with E-state index in [4.69, 9.17) is 11.6 Å². The average molecular weight is 391 g/mol. The number of hydrogen-bond acceptors (Lipinski definition) is 5. The van der Waals surface area contributed by atoms with Crippen molar-refractivity contribution in [2.75, 3.05) is 29.1 Å². The third-order valence-corrected chi connectivity index (χ3v) is 5.72. The van der Waals surface area contributed by atoms with Crippen molar-refractivity contribution in [2.24, 2.45) is 5.92 Å². The molecule has 1 saturated heterocycles. The van der Waals surface area contributed by atoms with Gasteiger partial charge in [0.25, 0.3) is 0 Å². The first-order valence-corrected chi connectivity index (χ1v) is 10.1. The molecule has 2 heterocycles. The van der Waals surface area contributed by atoms with Gasteiger partial charge in [-0.05, 0) is 43.4 Å². The molecule has 1 aliphatic rings. The molecule has 0 unspecified atom stereocenters. The van der Waals surface area contributed by atoms with Crippen LogP contribution in [0, 0.1) is 12.8 Å². The number of hydrogen-bond donors (Lipinski definition) is 1. The van der Waals surface area contributed by atoms with Gasteiger partial charge in [-0.25, -0.2) is 9.97 Å². The summed E-state index contributed by atoms with van der Waals surface area (Å²) < 4.78 is 0. The van der Waals surface area contributed by atoms with Crippen molar-refractivity contribution >= 4 is 40.8 Å². The monoisotopic (exact) mass is 390 g/mol. The van der Waals surface area contributed by atoms with Crippen molar-refractivity contribution in [1.82, 2.24) is 9.97 Å². The molecule has 1 amide bonds. The molecule has 1 aliphatic heterocycles. The number of amides is 1. The lowest BCUT2D eigenvalue weighted by Crippen LogP contribution is -2.33. The fourth-order valence-electron chi connectivity index (χ4n) is 2.87. The summed E-state index contributed by atoms with van der Waals surface area (Å²) in [4.78, 5) is 23.2. The van der Waals surface area contributed by atoms with Crippen molar-refractivity contribution < 1.29 is 4.79 Å². The summed E-state index contributed by atoms with van der Waals surface area (Å²) in [5.41, 5.74) is 1.69. The van der Waals surface area contributed by atoms with Gasteiger partial charge in [-0.3, -0.25) is 4.79 Å². The quantitative estimate of drug-likeness (QED) is 0.605. The highest BCUT2D eigenvalue weighted by molar-refractivity contribution is 7.99. The van der Waals surface area contributed by atoms with Crippen molar-refractivity contribution in [3.8, 4) is 0 Å². The maximum Gasteiger partial charge on any atom is 0.234 e. The Morgan fingerprint density at radius 3 is 2.81 bits per heavy atom. The molecular formula is C19H23ClN4OS. The Morgan fingerprint density at radius 2 is 2.08 bits per heavy atom. The second kappa shape index (κ2) is 8.73. The summed E-state index contributed by atoms with van der Waals surface area (Å²) in [6.07, 6.45) is 3.95. The summed E-state index contributed by atoms with van der Waals surface area (Å²) in [6, 6.07) is 7.54. The standard InChI is InChI=1S/C19H23ClN4OS/c1-13-5-7-24(8-6-13)17-10-19(22-12-21-17)26-11-18(25)23-16-4-3-14(2)9-15(16)20/h3-4,9-10,12-13H,5-8,11H2,1-2H3,(H,23,25). The van der Waals surface area contributed by atoms with Crippen LogP contribution >= 0.6 is 23.4 Å². The van der Waals surface area contributed by atoms with Crippen molar-refractivity contribution in [2.45, 2.75) is 31.7 Å². The van der Waals surface area contributed by atoms with Gasteiger partial charge in [-0.2, -0.15) is 0 Å². The zero-order valence-corrected chi connectivity index (χ0v) is 16.6. The molecule has 0 bridgehead atoms. The van der Waals surface area contributed by atoms with Crippen LogP contribution in [0.2, 0.25) is 5.02 Å². The highest BCUT2D eigenvalue weighted by Crippen LogP contribution is 2.25. The third kappa shape index (κ3) is 5.11. The highest BCUT2D eigenvalue weighted by Gasteiger charge is 2.17. The lowest BCUT2D eigenvalue weighted by molar-refractivity contribution is -0.113. The predicted molar refractivity (Wildman–Crippen MR) is 108 cm³/mol. The summed E-state index contributed by atoms with van der Waals surface area (Å²) >= 11 is 7.56. The first-order chi connectivity index (χ1) is 12.5. The van der Waals surface area contributed by atoms with Gasteiger partial charge in [0.05, 0.1) is 16.5 Å². The number of nitrogens with zero attached hydrogens (tertiary/aromatic N) is 3. The molecule has 1 aromatic carbocycles. The Balaban J connectivity index is 1.56. The van der Waals surface area contributed by atoms with E-state index in [0.29, 0.717) is 10.7 Å². The van der Waals surface area contributed by atoms with Gasteiger partial charge in [-0.15, -0.1) is 0 Å². The van der Waals surface area contributed by atoms with E-state index in [1.165, 1.54) is 24.6 Å². The lowest BCUT2D eigenvalue weighted by Gasteiger charge is -2.31. The normalized spacial score (nSPS) is 15.1. The molecule has 3 rings (SSSR count). The van der Waals surface area contributed by atoms with Crippen LogP contribution in [0.3, 0.4) is 0 Å². The maximum atomic E-state index is 12.2. The molecular weight excluding hydrogens is 368 g/mol. The number of rotatable bonds is 5. The number of halogens is 1. The van der Waals surface area contributed by atoms with Crippen LogP contribution in [-0.2, 0) is 4.79 Å². The number of aromatic nitrogens is 2. The number of nitrogens with one attached hydrogen (secondary N) is 1. The predicted octanol–water partition coefficient (Wildman–Crippen LogP) is 4.41. The topological polar surface area (TPSA) is 58.1 Å². The minimum atomic E-state index is -0.104. The molecule has 2 aromatic rings. The molecule has 0 saturated carbocycles. The van der Waals surface area contributed by atoms with Gasteiger partial charge in [-0.1, -0.05) is 36.4 Å². The first-order valence-electron chi connectivity index (χ1n) is 8.77. The molecule has 26 heavy (non-hydrogen) atoms. The molecule has 1 aromatic heterocycles. The number of carbonyl (C=O) groups is 1. The van der Waals surface area contributed by atoms with E-state index in [1.54, 1.807) is 6.33 Å². The summed E-state index contributed by atoms with van der Waals surface area (Å²) in [5, 5.41) is 4.20. The maximum absolute atomic E-state index is 12.2. The number of carbonyl (C=O) groups excluding carboxylic acids is 1. The van der Waals surface area contributed by atoms with Crippen molar-refractivity contribution in [3.05, 3.63) is 41.2 Å². The van der Waals surface area contributed by atoms with Gasteiger partial charge >= 0.3 is 0 Å². The minimum absolute atomic E-state index is 0.104. The van der Waals surface area contributed by atoms with E-state index in [0.717, 1.165) is 35.4 Å². The minimum Gasteiger partial charge on any atom is -0.356 e. The number of aryl methyl sites for hydroxylation is 1. The summed E-state index contributed by atoms with van der Waals surface area (Å²) in [5.74, 6) is 1.89. The Kier molecular flexibility index (Phi) is 6.38. The smallest absolute Gasteiger partial charge is 0.234 e. The van der Waals surface area contributed by atoms with Crippen LogP contribution in [0.1, 0.15) is 25.3 Å². The largest absolute Gasteiger partial charge is 0.356 e. The summed E-state index contributed by atoms with van der Waals surface area (Å²) in [6.45, 7) is 6.30. The fraction of sp³-hybridized carbons (Fsp3) is 0.421. The average Bonchev–Trinajstić information content (AvgIpc) is 2.63. The zero-order valence-electron chi connectivity index (χ0n) is 15.0. The number of piperidine rings is 1. The molecule has 0 aliphatic carbocycles. The van der Waals surface area contributed by atoms with Gasteiger partial charge in [0.2, 0.25) is 5.91 Å². The van der Waals surface area contributed by atoms with Gasteiger partial charge < -0.3 is 10.2 Å². The molecule has 138 valence electrons. The van der Waals surface area contributed by atoms with E-state index >= 15 is 0 Å². The van der Waals surface area contributed by atoms with Crippen LogP contribution in [-0.4, -0.2) is 34.7 Å². The Bertz CT molecular complexity index is 778. The molecule has 7 heteroatoms. The van der Waals surface area contributed by atoms with Crippen LogP contribution in [0.4, 0.5) is 11.5 Å². The van der Waals surface area contributed by atoms with Crippen LogP contribution in [0.25, 0.3) is 0 Å². The number of benzene rings is 1. The Morgan fingerprint density at radius 1 is 1.31 bits per heavy atom. The SMILES string of the molecule is Cc1ccc(NC(=O)CSc2cc(N3CCC(C)CC3)ncn2)c(Cl)c1. The highest BCUT2D eigenvalue weighted by atomic mass is 35.5. The van der Waals surface area contributed by atoms with Crippen molar-refractivity contribution in [1.29, 1.82) is 0 Å². The van der Waals surface area contributed by atoms with E-state index in [9.17, 15) is 4.79 Å². The van der Waals surface area contributed by atoms with E-state index < -0.39 is 0 Å². The lowest BCUT2D eigenvalue weighted by atomic mass is 9.99. The van der Waals surface area contributed by atoms with Crippen molar-refractivity contribution in [3.63, 3.8) is 0 Å². The molecule has 1 N–H and O–H groups in total. The summed E-state index contributed by atoms with van der Waals surface area (Å²) in [7, 11) is 0. The Hall–Kier alpha value is -1.79. The Labute approximate surface area is 163 Å². The zero-order chi connectivity index (χ0) is 18.5. The molecule has 0 radical (unpaired) electrons. The molecule has 1 fully saturated rings. The van der Waals surface area contributed by atoms with E-state index in [-0.39, 0.29) is 11.7 Å². The number of anilines is 2. The second-order valence-corrected chi connectivity index (χ2v) is 8.11. The third-order valence-electron chi connectivity index (χ3n) is 4.49. The van der Waals surface area contributed by atoms with E-state index in [1.807, 2.05) is 31.2 Å². The second-order valence-electron chi connectivity index (χ2n) is 6.70. The van der Waals surface area contributed by atoms with Crippen LogP contribution in [0.5, 0.6) is 0 Å². The molecule has 0 atom stereocenters. The van der Waals surface area contributed by atoms with Gasteiger partial charge in [0.15, 0.2) is 0 Å². The van der Waals surface area contributed by atoms with Gasteiger partial charge in [0.1, 0.15) is 17.2 Å². The molecule has 0 spiro atoms. The first kappa shape index (κ1) is 19.0.